The van der Waals surface area contributed by atoms with Gasteiger partial charge in [0.2, 0.25) is 5.95 Å². The van der Waals surface area contributed by atoms with Crippen LogP contribution in [0.3, 0.4) is 0 Å². The average molecular weight is 758 g/mol. The Morgan fingerprint density at radius 2 is 1.37 bits per heavy atom. The number of carboxylic acid groups (broad SMARTS) is 1. The van der Waals surface area contributed by atoms with Crippen LogP contribution in [0.5, 0.6) is 0 Å². The van der Waals surface area contributed by atoms with E-state index in [0.717, 1.165) is 25.0 Å². The molecule has 1 aliphatic heterocycles. The fourth-order valence-electron chi connectivity index (χ4n) is 5.61. The number of morpholine rings is 1. The maximum atomic E-state index is 13.9. The van der Waals surface area contributed by atoms with Crippen molar-refractivity contribution in [1.29, 1.82) is 0 Å². The number of nitrogens with one attached hydrogen (secondary N) is 1. The van der Waals surface area contributed by atoms with Gasteiger partial charge in [0.05, 0.1) is 48.0 Å². The summed E-state index contributed by atoms with van der Waals surface area (Å²) in [5.74, 6) is -1.23. The normalized spacial score (nSPS) is 13.9. The van der Waals surface area contributed by atoms with Gasteiger partial charge >= 0.3 is 48.1 Å². The van der Waals surface area contributed by atoms with Crippen LogP contribution < -0.4 is 49.8 Å². The Labute approximate surface area is 317 Å². The van der Waals surface area contributed by atoms with Gasteiger partial charge in [0, 0.05) is 32.1 Å². The second-order valence-corrected chi connectivity index (χ2v) is 12.1. The molecule has 1 fully saturated rings. The molecule has 2 aromatic carbocycles. The number of unbranched alkanes of at least 4 members (excludes halogenated alkanes) is 3. The molecule has 52 heavy (non-hydrogen) atoms. The molecule has 0 bridgehead atoms. The van der Waals surface area contributed by atoms with E-state index < -0.39 is 53.3 Å². The van der Waals surface area contributed by atoms with Crippen molar-refractivity contribution >= 4 is 17.6 Å². The van der Waals surface area contributed by atoms with Gasteiger partial charge in [-0.05, 0) is 85.8 Å². The van der Waals surface area contributed by atoms with Crippen molar-refractivity contribution in [2.75, 3.05) is 49.2 Å². The van der Waals surface area contributed by atoms with E-state index in [4.69, 9.17) is 4.74 Å². The van der Waals surface area contributed by atoms with Gasteiger partial charge < -0.3 is 29.8 Å². The third-order valence-electron chi connectivity index (χ3n) is 8.25. The number of hydrogen-bond donors (Lipinski definition) is 1. The van der Waals surface area contributed by atoms with E-state index in [1.54, 1.807) is 0 Å². The van der Waals surface area contributed by atoms with E-state index in [2.05, 4.69) is 15.3 Å². The Balaban J connectivity index is 0.00000729. The molecule has 1 saturated heterocycles. The van der Waals surface area contributed by atoms with E-state index in [0.29, 0.717) is 75.6 Å². The van der Waals surface area contributed by atoms with Crippen LogP contribution in [0.15, 0.2) is 48.8 Å². The molecule has 0 spiro atoms. The number of halogens is 9. The summed E-state index contributed by atoms with van der Waals surface area (Å²) in [7, 11) is 0. The number of anilines is 2. The molecule has 3 aromatic rings. The van der Waals surface area contributed by atoms with Crippen molar-refractivity contribution in [2.24, 2.45) is 0 Å². The van der Waals surface area contributed by atoms with Crippen LogP contribution in [0.2, 0.25) is 0 Å². The van der Waals surface area contributed by atoms with Crippen molar-refractivity contribution in [1.82, 2.24) is 15.3 Å². The summed E-state index contributed by atoms with van der Waals surface area (Å²) in [4.78, 5) is 22.4. The van der Waals surface area contributed by atoms with Crippen molar-refractivity contribution in [2.45, 2.75) is 70.1 Å². The predicted molar refractivity (Wildman–Crippen MR) is 168 cm³/mol. The number of carboxylic acids is 1. The van der Waals surface area contributed by atoms with Gasteiger partial charge in [-0.15, -0.1) is 0 Å². The topological polar surface area (TPSA) is 93.6 Å². The second-order valence-electron chi connectivity index (χ2n) is 12.1. The largest absolute Gasteiger partial charge is 1.00 e. The smallest absolute Gasteiger partial charge is 0.550 e. The minimum Gasteiger partial charge on any atom is -0.550 e. The molecule has 18 heteroatoms. The number of carbonyl (C=O) groups is 1. The molecule has 2 heterocycles. The van der Waals surface area contributed by atoms with Gasteiger partial charge in [0.15, 0.2) is 0 Å². The zero-order chi connectivity index (χ0) is 37.2. The molecular weight excluding hydrogens is 720 g/mol. The quantitative estimate of drug-likeness (QED) is 0.135. The maximum Gasteiger partial charge on any atom is 1.00 e. The number of rotatable bonds is 16. The zero-order valence-corrected chi connectivity index (χ0v) is 30.4. The Bertz CT molecular complexity index is 1550. The van der Waals surface area contributed by atoms with Crippen molar-refractivity contribution < 1.29 is 83.7 Å². The summed E-state index contributed by atoms with van der Waals surface area (Å²) in [6.45, 7) is 1.91. The first-order valence-electron chi connectivity index (χ1n) is 16.3. The molecule has 1 aliphatic rings. The minimum atomic E-state index is -5.10. The fourth-order valence-corrected chi connectivity index (χ4v) is 5.61. The summed E-state index contributed by atoms with van der Waals surface area (Å²) < 4.78 is 129. The van der Waals surface area contributed by atoms with Gasteiger partial charge in [-0.25, -0.2) is 9.97 Å². The molecule has 0 saturated carbocycles. The van der Waals surface area contributed by atoms with E-state index in [1.807, 2.05) is 4.90 Å². The van der Waals surface area contributed by atoms with E-state index in [1.165, 1.54) is 23.4 Å². The number of nitrogens with zero attached hydrogens (tertiary/aromatic N) is 4. The Morgan fingerprint density at radius 1 is 0.769 bits per heavy atom. The molecule has 0 amide bonds. The number of aromatic nitrogens is 2. The number of benzene rings is 2. The van der Waals surface area contributed by atoms with E-state index in [-0.39, 0.29) is 66.5 Å². The van der Waals surface area contributed by atoms with Crippen LogP contribution in [0.1, 0.15) is 65.5 Å². The third-order valence-corrected chi connectivity index (χ3v) is 8.25. The Hall–Kier alpha value is -3.12. The monoisotopic (exact) mass is 757 g/mol. The van der Waals surface area contributed by atoms with Crippen molar-refractivity contribution in [3.05, 3.63) is 82.2 Å². The first kappa shape index (κ1) is 43.3. The number of carbonyl (C=O) groups excluding carboxylic acids is 1. The Kier molecular flexibility index (Phi) is 16.0. The molecule has 8 nitrogen and oxygen atoms in total. The minimum absolute atomic E-state index is 0. The van der Waals surface area contributed by atoms with Crippen LogP contribution in [0, 0.1) is 0 Å². The molecule has 4 rings (SSSR count). The molecule has 1 aromatic heterocycles. The molecule has 0 atom stereocenters. The molecule has 0 radical (unpaired) electrons. The van der Waals surface area contributed by atoms with Gasteiger partial charge in [-0.2, -0.15) is 39.5 Å². The van der Waals surface area contributed by atoms with Crippen LogP contribution >= 0.6 is 0 Å². The maximum absolute atomic E-state index is 13.9. The van der Waals surface area contributed by atoms with Crippen LogP contribution in [0.25, 0.3) is 0 Å². The van der Waals surface area contributed by atoms with Gasteiger partial charge in [0.1, 0.15) is 0 Å². The summed E-state index contributed by atoms with van der Waals surface area (Å²) in [5, 5.41) is 13.7. The van der Waals surface area contributed by atoms with Crippen LogP contribution in [-0.2, 0) is 47.6 Å². The summed E-state index contributed by atoms with van der Waals surface area (Å²) in [6.07, 6.45) is -9.16. The standard InChI is InChI=1S/C34H38F9N5O3.Na/c35-32(36,37)26-7-6-24(8-10-44-9-4-2-1-3-5-30(49)50)25(17-26)22-48(31-45-19-29(20-46-31)47-11-13-51-14-12-47)21-23-15-27(33(38,39)40)18-28(16-23)34(41,42)43;/h6-7,15-20,44H,1-5,8-14,21-22H2,(H,49,50);/q;+1/p-1. The van der Waals surface area contributed by atoms with Crippen LogP contribution in [-0.4, -0.2) is 55.3 Å². The number of hydrogen-bond acceptors (Lipinski definition) is 8. The molecular formula is C34H37F9N5NaO3. The van der Waals surface area contributed by atoms with E-state index in [9.17, 15) is 49.4 Å². The first-order valence-corrected chi connectivity index (χ1v) is 16.3. The molecule has 0 unspecified atom stereocenters. The van der Waals surface area contributed by atoms with E-state index >= 15 is 0 Å². The third kappa shape index (κ3) is 13.4. The van der Waals surface area contributed by atoms with Gasteiger partial charge in [0.25, 0.3) is 0 Å². The average Bonchev–Trinajstić information content (AvgIpc) is 3.06. The number of ether oxygens (including phenoxy) is 1. The molecule has 1 N–H and O–H groups in total. The first-order chi connectivity index (χ1) is 24.0. The Morgan fingerprint density at radius 3 is 1.94 bits per heavy atom. The fraction of sp³-hybridized carbons (Fsp3) is 0.500. The zero-order valence-electron chi connectivity index (χ0n) is 28.4. The van der Waals surface area contributed by atoms with Crippen LogP contribution in [0.4, 0.5) is 51.1 Å². The van der Waals surface area contributed by atoms with Crippen molar-refractivity contribution in [3.63, 3.8) is 0 Å². The molecule has 0 aliphatic carbocycles. The molecule has 280 valence electrons. The van der Waals surface area contributed by atoms with Crippen molar-refractivity contribution in [3.8, 4) is 0 Å². The van der Waals surface area contributed by atoms with Gasteiger partial charge in [-0.1, -0.05) is 18.9 Å². The van der Waals surface area contributed by atoms with Gasteiger partial charge in [-0.3, -0.25) is 0 Å². The summed E-state index contributed by atoms with van der Waals surface area (Å²) in [6, 6.07) is 4.27. The number of aliphatic carboxylic acids is 1. The summed E-state index contributed by atoms with van der Waals surface area (Å²) in [5.41, 5.74) is -3.23. The summed E-state index contributed by atoms with van der Waals surface area (Å²) >= 11 is 0. The number of alkyl halides is 9. The SMILES string of the molecule is O=C([O-])CCCCCCNCCc1ccc(C(F)(F)F)cc1CN(Cc1cc(C(F)(F)F)cc(C(F)(F)F)c1)c1ncc(N2CCOCC2)cn1.[Na+]. The second kappa shape index (κ2) is 19.3. The predicted octanol–water partition coefficient (Wildman–Crippen LogP) is 3.41.